The van der Waals surface area contributed by atoms with E-state index in [0.717, 1.165) is 18.7 Å². The van der Waals surface area contributed by atoms with Crippen LogP contribution in [0.5, 0.6) is 5.75 Å². The third-order valence-corrected chi connectivity index (χ3v) is 4.15. The van der Waals surface area contributed by atoms with Crippen LogP contribution in [0.4, 0.5) is 0 Å². The number of rotatable bonds is 6. The van der Waals surface area contributed by atoms with E-state index in [9.17, 15) is 0 Å². The van der Waals surface area contributed by atoms with Gasteiger partial charge in [-0.1, -0.05) is 12.1 Å². The van der Waals surface area contributed by atoms with Gasteiger partial charge in [0.05, 0.1) is 6.10 Å². The van der Waals surface area contributed by atoms with Crippen LogP contribution in [0.2, 0.25) is 0 Å². The lowest BCUT2D eigenvalue weighted by atomic mass is 10.1. The van der Waals surface area contributed by atoms with Crippen molar-refractivity contribution in [2.75, 3.05) is 32.7 Å². The van der Waals surface area contributed by atoms with Gasteiger partial charge < -0.3 is 9.64 Å². The predicted octanol–water partition coefficient (Wildman–Crippen LogP) is 3.04. The summed E-state index contributed by atoms with van der Waals surface area (Å²) in [6.45, 7) is 14.7. The van der Waals surface area contributed by atoms with Crippen molar-refractivity contribution in [3.63, 3.8) is 0 Å². The third kappa shape index (κ3) is 5.33. The summed E-state index contributed by atoms with van der Waals surface area (Å²) in [6.07, 6.45) is 1.37. The highest BCUT2D eigenvalue weighted by atomic mass is 16.5. The Morgan fingerprint density at radius 3 is 2.10 bits per heavy atom. The van der Waals surface area contributed by atoms with Crippen molar-refractivity contribution in [2.45, 2.75) is 46.3 Å². The minimum absolute atomic E-state index is 0.244. The van der Waals surface area contributed by atoms with Gasteiger partial charge >= 0.3 is 0 Å². The lowest BCUT2D eigenvalue weighted by Gasteiger charge is -2.36. The second-order valence-corrected chi connectivity index (χ2v) is 6.53. The summed E-state index contributed by atoms with van der Waals surface area (Å²) in [7, 11) is 0. The zero-order valence-electron chi connectivity index (χ0n) is 14.0. The van der Waals surface area contributed by atoms with Gasteiger partial charge in [0.25, 0.3) is 0 Å². The summed E-state index contributed by atoms with van der Waals surface area (Å²) in [5.41, 5.74) is 1.40. The minimum Gasteiger partial charge on any atom is -0.491 e. The SMILES string of the molecule is CC(C)Oc1ccc(CCN2CCN(C(C)C)CC2)cc1. The summed E-state index contributed by atoms with van der Waals surface area (Å²) < 4.78 is 5.68. The van der Waals surface area contributed by atoms with Crippen LogP contribution in [0.1, 0.15) is 33.3 Å². The van der Waals surface area contributed by atoms with Gasteiger partial charge in [-0.15, -0.1) is 0 Å². The monoisotopic (exact) mass is 290 g/mol. The van der Waals surface area contributed by atoms with Gasteiger partial charge in [-0.05, 0) is 51.8 Å². The van der Waals surface area contributed by atoms with Crippen LogP contribution in [-0.2, 0) is 6.42 Å². The average molecular weight is 290 g/mol. The summed E-state index contributed by atoms with van der Waals surface area (Å²) in [5, 5.41) is 0. The molecule has 1 fully saturated rings. The maximum Gasteiger partial charge on any atom is 0.119 e. The van der Waals surface area contributed by atoms with Crippen molar-refractivity contribution < 1.29 is 4.74 Å². The average Bonchev–Trinajstić information content (AvgIpc) is 2.46. The molecule has 0 unspecified atom stereocenters. The highest BCUT2D eigenvalue weighted by Gasteiger charge is 2.18. The van der Waals surface area contributed by atoms with Crippen LogP contribution in [-0.4, -0.2) is 54.7 Å². The van der Waals surface area contributed by atoms with Crippen molar-refractivity contribution >= 4 is 0 Å². The molecule has 0 radical (unpaired) electrons. The first-order chi connectivity index (χ1) is 10.0. The molecule has 1 aliphatic heterocycles. The molecule has 0 bridgehead atoms. The Balaban J connectivity index is 1.74. The number of piperazine rings is 1. The van der Waals surface area contributed by atoms with E-state index in [0.29, 0.717) is 6.04 Å². The van der Waals surface area contributed by atoms with E-state index in [4.69, 9.17) is 4.74 Å². The van der Waals surface area contributed by atoms with Crippen LogP contribution in [0.25, 0.3) is 0 Å². The normalized spacial score (nSPS) is 17.6. The molecule has 21 heavy (non-hydrogen) atoms. The van der Waals surface area contributed by atoms with Gasteiger partial charge in [-0.25, -0.2) is 0 Å². The van der Waals surface area contributed by atoms with Crippen molar-refractivity contribution in [1.29, 1.82) is 0 Å². The molecule has 1 aliphatic rings. The molecule has 1 saturated heterocycles. The van der Waals surface area contributed by atoms with E-state index in [1.807, 2.05) is 0 Å². The molecular formula is C18H30N2O. The fourth-order valence-corrected chi connectivity index (χ4v) is 2.80. The van der Waals surface area contributed by atoms with E-state index in [1.54, 1.807) is 0 Å². The molecule has 0 aliphatic carbocycles. The molecule has 0 saturated carbocycles. The number of ether oxygens (including phenoxy) is 1. The fourth-order valence-electron chi connectivity index (χ4n) is 2.80. The standard InChI is InChI=1S/C18H30N2O/c1-15(2)20-13-11-19(12-14-20)10-9-17-5-7-18(8-6-17)21-16(3)4/h5-8,15-16H,9-14H2,1-4H3. The van der Waals surface area contributed by atoms with E-state index >= 15 is 0 Å². The lowest BCUT2D eigenvalue weighted by Crippen LogP contribution is -2.49. The number of nitrogens with zero attached hydrogens (tertiary/aromatic N) is 2. The van der Waals surface area contributed by atoms with E-state index in [-0.39, 0.29) is 6.10 Å². The van der Waals surface area contributed by atoms with Gasteiger partial charge in [0.1, 0.15) is 5.75 Å². The smallest absolute Gasteiger partial charge is 0.119 e. The Hall–Kier alpha value is -1.06. The molecule has 1 aromatic rings. The van der Waals surface area contributed by atoms with Crippen LogP contribution in [0.15, 0.2) is 24.3 Å². The van der Waals surface area contributed by atoms with Crippen molar-refractivity contribution in [1.82, 2.24) is 9.80 Å². The van der Waals surface area contributed by atoms with Gasteiger partial charge in [0, 0.05) is 38.8 Å². The number of hydrogen-bond donors (Lipinski definition) is 0. The molecule has 2 rings (SSSR count). The van der Waals surface area contributed by atoms with Crippen molar-refractivity contribution in [2.24, 2.45) is 0 Å². The highest BCUT2D eigenvalue weighted by Crippen LogP contribution is 2.15. The lowest BCUT2D eigenvalue weighted by molar-refractivity contribution is 0.109. The van der Waals surface area contributed by atoms with E-state index in [2.05, 4.69) is 61.8 Å². The highest BCUT2D eigenvalue weighted by molar-refractivity contribution is 5.27. The summed E-state index contributed by atoms with van der Waals surface area (Å²) in [6, 6.07) is 9.25. The second kappa shape index (κ2) is 7.81. The number of benzene rings is 1. The zero-order chi connectivity index (χ0) is 15.2. The van der Waals surface area contributed by atoms with E-state index in [1.165, 1.54) is 31.7 Å². The maximum absolute atomic E-state index is 5.68. The maximum atomic E-state index is 5.68. The Labute approximate surface area is 129 Å². The third-order valence-electron chi connectivity index (χ3n) is 4.15. The van der Waals surface area contributed by atoms with Gasteiger partial charge in [0.2, 0.25) is 0 Å². The van der Waals surface area contributed by atoms with Gasteiger partial charge in [0.15, 0.2) is 0 Å². The molecule has 3 heteroatoms. The predicted molar refractivity (Wildman–Crippen MR) is 89.1 cm³/mol. The quantitative estimate of drug-likeness (QED) is 0.801. The topological polar surface area (TPSA) is 15.7 Å². The molecule has 1 aromatic carbocycles. The van der Waals surface area contributed by atoms with Gasteiger partial charge in [-0.3, -0.25) is 4.90 Å². The van der Waals surface area contributed by atoms with Crippen LogP contribution in [0.3, 0.4) is 0 Å². The van der Waals surface area contributed by atoms with E-state index < -0.39 is 0 Å². The Bertz CT molecular complexity index is 406. The largest absolute Gasteiger partial charge is 0.491 e. The number of hydrogen-bond acceptors (Lipinski definition) is 3. The Morgan fingerprint density at radius 2 is 1.57 bits per heavy atom. The van der Waals surface area contributed by atoms with Crippen molar-refractivity contribution in [3.8, 4) is 5.75 Å². The van der Waals surface area contributed by atoms with Gasteiger partial charge in [-0.2, -0.15) is 0 Å². The first-order valence-electron chi connectivity index (χ1n) is 8.26. The summed E-state index contributed by atoms with van der Waals surface area (Å²) in [5.74, 6) is 0.972. The molecular weight excluding hydrogens is 260 g/mol. The van der Waals surface area contributed by atoms with Crippen LogP contribution < -0.4 is 4.74 Å². The second-order valence-electron chi connectivity index (χ2n) is 6.53. The summed E-state index contributed by atoms with van der Waals surface area (Å²) >= 11 is 0. The fraction of sp³-hybridized carbons (Fsp3) is 0.667. The first-order valence-corrected chi connectivity index (χ1v) is 8.26. The molecule has 0 N–H and O–H groups in total. The molecule has 0 amide bonds. The summed E-state index contributed by atoms with van der Waals surface area (Å²) in [4.78, 5) is 5.14. The Kier molecular flexibility index (Phi) is 6.07. The molecule has 118 valence electrons. The zero-order valence-corrected chi connectivity index (χ0v) is 14.0. The molecule has 0 aromatic heterocycles. The van der Waals surface area contributed by atoms with Crippen molar-refractivity contribution in [3.05, 3.63) is 29.8 Å². The molecule has 1 heterocycles. The minimum atomic E-state index is 0.244. The Morgan fingerprint density at radius 1 is 0.952 bits per heavy atom. The molecule has 3 nitrogen and oxygen atoms in total. The van der Waals surface area contributed by atoms with Crippen LogP contribution >= 0.6 is 0 Å². The molecule has 0 spiro atoms. The van der Waals surface area contributed by atoms with Crippen LogP contribution in [0, 0.1) is 0 Å². The first kappa shape index (κ1) is 16.3. The molecule has 0 atom stereocenters.